The summed E-state index contributed by atoms with van der Waals surface area (Å²) in [6.07, 6.45) is 6.44. The number of amides is 3. The largest absolute Gasteiger partial charge is 0.356 e. The summed E-state index contributed by atoms with van der Waals surface area (Å²) in [5.74, 6) is 0.296. The molecule has 3 aliphatic rings. The van der Waals surface area contributed by atoms with Crippen LogP contribution in [0.4, 0.5) is 10.5 Å². The number of carbonyl (C=O) groups is 2. The second-order valence-corrected chi connectivity index (χ2v) is 9.33. The van der Waals surface area contributed by atoms with Crippen molar-refractivity contribution in [2.24, 2.45) is 5.92 Å². The number of H-pyrrole nitrogens is 1. The van der Waals surface area contributed by atoms with Crippen LogP contribution in [-0.4, -0.2) is 27.9 Å². The number of aromatic nitrogens is 1. The molecule has 1 saturated carbocycles. The number of aromatic amines is 1. The fourth-order valence-electron chi connectivity index (χ4n) is 6.05. The van der Waals surface area contributed by atoms with Gasteiger partial charge in [-0.2, -0.15) is 0 Å². The van der Waals surface area contributed by atoms with Crippen molar-refractivity contribution in [3.05, 3.63) is 65.4 Å². The van der Waals surface area contributed by atoms with Crippen molar-refractivity contribution in [2.45, 2.75) is 57.5 Å². The number of anilines is 1. The highest BCUT2D eigenvalue weighted by atomic mass is 16.2. The third-order valence-corrected chi connectivity index (χ3v) is 7.45. The Hall–Kier alpha value is -3.08. The number of benzene rings is 2. The minimum absolute atomic E-state index is 0.0623. The zero-order valence-electron chi connectivity index (χ0n) is 17.8. The van der Waals surface area contributed by atoms with Gasteiger partial charge in [0.25, 0.3) is 5.91 Å². The van der Waals surface area contributed by atoms with Crippen molar-refractivity contribution in [1.82, 2.24) is 9.88 Å². The molecule has 1 aliphatic carbocycles. The molecule has 5 nitrogen and oxygen atoms in total. The Morgan fingerprint density at radius 1 is 0.968 bits per heavy atom. The maximum absolute atomic E-state index is 13.8. The van der Waals surface area contributed by atoms with E-state index in [1.807, 2.05) is 42.2 Å². The predicted molar refractivity (Wildman–Crippen MR) is 121 cm³/mol. The second kappa shape index (κ2) is 6.98. The highest BCUT2D eigenvalue weighted by Gasteiger charge is 2.54. The molecular formula is C26H27N3O2. The monoisotopic (exact) mass is 413 g/mol. The van der Waals surface area contributed by atoms with E-state index in [1.165, 1.54) is 35.1 Å². The molecule has 3 amide bonds. The van der Waals surface area contributed by atoms with Gasteiger partial charge in [-0.3, -0.25) is 4.79 Å². The molecule has 3 aromatic rings. The summed E-state index contributed by atoms with van der Waals surface area (Å²) in [5.41, 5.74) is 5.20. The Labute approximate surface area is 182 Å². The number of hydrogen-bond acceptors (Lipinski definition) is 2. The van der Waals surface area contributed by atoms with E-state index in [9.17, 15) is 9.59 Å². The molecule has 0 radical (unpaired) electrons. The molecule has 0 bridgehead atoms. The van der Waals surface area contributed by atoms with E-state index in [0.29, 0.717) is 18.0 Å². The highest BCUT2D eigenvalue weighted by molar-refractivity contribution is 6.22. The number of carbonyl (C=O) groups excluding carboxylic acids is 2. The first-order valence-corrected chi connectivity index (χ1v) is 11.5. The van der Waals surface area contributed by atoms with Gasteiger partial charge in [0, 0.05) is 23.0 Å². The van der Waals surface area contributed by atoms with Gasteiger partial charge in [-0.1, -0.05) is 49.6 Å². The number of rotatable bonds is 2. The van der Waals surface area contributed by atoms with E-state index in [2.05, 4.69) is 23.2 Å². The Morgan fingerprint density at radius 3 is 2.58 bits per heavy atom. The minimum atomic E-state index is -0.424. The summed E-state index contributed by atoms with van der Waals surface area (Å²) >= 11 is 0. The summed E-state index contributed by atoms with van der Waals surface area (Å²) in [4.78, 5) is 34.4. The molecule has 2 fully saturated rings. The summed E-state index contributed by atoms with van der Waals surface area (Å²) < 4.78 is 0. The second-order valence-electron chi connectivity index (χ2n) is 9.33. The third-order valence-electron chi connectivity index (χ3n) is 7.45. The first-order valence-electron chi connectivity index (χ1n) is 11.5. The van der Waals surface area contributed by atoms with Crippen LogP contribution < -0.4 is 4.90 Å². The fourth-order valence-corrected chi connectivity index (χ4v) is 6.05. The van der Waals surface area contributed by atoms with Crippen LogP contribution in [0.5, 0.6) is 0 Å². The van der Waals surface area contributed by atoms with Crippen molar-refractivity contribution < 1.29 is 9.59 Å². The molecule has 31 heavy (non-hydrogen) atoms. The number of imide groups is 1. The van der Waals surface area contributed by atoms with E-state index in [-0.39, 0.29) is 18.0 Å². The summed E-state index contributed by atoms with van der Waals surface area (Å²) in [5, 5.41) is 1.19. The predicted octanol–water partition coefficient (Wildman–Crippen LogP) is 5.49. The number of hydrogen-bond donors (Lipinski definition) is 1. The van der Waals surface area contributed by atoms with E-state index < -0.39 is 6.04 Å². The van der Waals surface area contributed by atoms with E-state index >= 15 is 0 Å². The molecule has 0 spiro atoms. The average Bonchev–Trinajstić information content (AvgIpc) is 3.28. The van der Waals surface area contributed by atoms with E-state index in [1.54, 1.807) is 0 Å². The first-order chi connectivity index (χ1) is 15.1. The number of aryl methyl sites for hydroxylation is 1. The molecule has 2 aromatic carbocycles. The zero-order chi connectivity index (χ0) is 21.1. The van der Waals surface area contributed by atoms with Crippen LogP contribution >= 0.6 is 0 Å². The highest BCUT2D eigenvalue weighted by Crippen LogP contribution is 2.48. The lowest BCUT2D eigenvalue weighted by atomic mass is 9.78. The van der Waals surface area contributed by atoms with Gasteiger partial charge in [0.2, 0.25) is 0 Å². The summed E-state index contributed by atoms with van der Waals surface area (Å²) in [6.45, 7) is 1.99. The van der Waals surface area contributed by atoms with Crippen LogP contribution in [0.15, 0.2) is 48.5 Å². The number of nitrogens with zero attached hydrogens (tertiary/aromatic N) is 2. The van der Waals surface area contributed by atoms with Crippen LogP contribution in [0.2, 0.25) is 0 Å². The number of urea groups is 1. The molecule has 1 saturated heterocycles. The normalized spacial score (nSPS) is 24.0. The van der Waals surface area contributed by atoms with Gasteiger partial charge in [-0.15, -0.1) is 0 Å². The smallest absolute Gasteiger partial charge is 0.332 e. The van der Waals surface area contributed by atoms with Crippen molar-refractivity contribution in [1.29, 1.82) is 0 Å². The molecule has 3 heterocycles. The quantitative estimate of drug-likeness (QED) is 0.565. The Balaban J connectivity index is 1.50. The number of para-hydroxylation sites is 1. The van der Waals surface area contributed by atoms with Crippen LogP contribution in [0.25, 0.3) is 10.9 Å². The van der Waals surface area contributed by atoms with Gasteiger partial charge in [0.15, 0.2) is 0 Å². The van der Waals surface area contributed by atoms with Crippen molar-refractivity contribution in [3.8, 4) is 0 Å². The lowest BCUT2D eigenvalue weighted by Crippen LogP contribution is -2.46. The maximum atomic E-state index is 13.8. The van der Waals surface area contributed by atoms with Gasteiger partial charge in [-0.05, 0) is 55.0 Å². The lowest BCUT2D eigenvalue weighted by Gasteiger charge is -2.41. The minimum Gasteiger partial charge on any atom is -0.356 e. The molecular weight excluding hydrogens is 386 g/mol. The van der Waals surface area contributed by atoms with Crippen LogP contribution in [0.3, 0.4) is 0 Å². The Bertz CT molecular complexity index is 1190. The van der Waals surface area contributed by atoms with Crippen LogP contribution in [-0.2, 0) is 11.2 Å². The topological polar surface area (TPSA) is 56.4 Å². The van der Waals surface area contributed by atoms with Crippen LogP contribution in [0, 0.1) is 12.8 Å². The average molecular weight is 414 g/mol. The van der Waals surface area contributed by atoms with Crippen molar-refractivity contribution >= 4 is 28.5 Å². The van der Waals surface area contributed by atoms with Gasteiger partial charge in [-0.25, -0.2) is 9.69 Å². The standard InChI is InChI=1S/C26H27N3O2/c1-16-8-7-11-18(14-16)28-25(30)22-15-20-19-12-5-6-13-21(19)27-23(20)24(29(22)26(28)31)17-9-3-2-4-10-17/h5-8,11-14,17,22,24,27H,2-4,9-10,15H2,1H3/t22-,24-/m0/s1. The SMILES string of the molecule is Cc1cccc(N2C(=O)[C@@H]3Cc4c([nH]c5ccccc45)[C@H](C4CCCCC4)N3C2=O)c1. The summed E-state index contributed by atoms with van der Waals surface area (Å²) in [7, 11) is 0. The van der Waals surface area contributed by atoms with Gasteiger partial charge >= 0.3 is 6.03 Å². The van der Waals surface area contributed by atoms with Crippen molar-refractivity contribution in [3.63, 3.8) is 0 Å². The number of nitrogens with one attached hydrogen (secondary N) is 1. The molecule has 5 heteroatoms. The lowest BCUT2D eigenvalue weighted by molar-refractivity contribution is -0.120. The molecule has 6 rings (SSSR count). The Kier molecular flexibility index (Phi) is 4.20. The van der Waals surface area contributed by atoms with Gasteiger partial charge < -0.3 is 9.88 Å². The molecule has 2 aliphatic heterocycles. The maximum Gasteiger partial charge on any atom is 0.332 e. The van der Waals surface area contributed by atoms with Crippen LogP contribution in [0.1, 0.15) is 55.0 Å². The van der Waals surface area contributed by atoms with E-state index in [4.69, 9.17) is 0 Å². The zero-order valence-corrected chi connectivity index (χ0v) is 17.8. The molecule has 1 N–H and O–H groups in total. The van der Waals surface area contributed by atoms with Crippen molar-refractivity contribution in [2.75, 3.05) is 4.90 Å². The molecule has 0 unspecified atom stereocenters. The van der Waals surface area contributed by atoms with Gasteiger partial charge in [0.05, 0.1) is 11.7 Å². The first kappa shape index (κ1) is 18.7. The molecule has 1 aromatic heterocycles. The number of fused-ring (bicyclic) bond motifs is 4. The summed E-state index contributed by atoms with van der Waals surface area (Å²) in [6, 6.07) is 15.4. The Morgan fingerprint density at radius 2 is 1.77 bits per heavy atom. The fraction of sp³-hybridized carbons (Fsp3) is 0.385. The molecule has 158 valence electrons. The van der Waals surface area contributed by atoms with Gasteiger partial charge in [0.1, 0.15) is 6.04 Å². The van der Waals surface area contributed by atoms with E-state index in [0.717, 1.165) is 29.6 Å². The molecule has 2 atom stereocenters. The third kappa shape index (κ3) is 2.75.